The number of methoxy groups -OCH3 is 1. The van der Waals surface area contributed by atoms with Crippen LogP contribution < -0.4 is 16.0 Å². The van der Waals surface area contributed by atoms with Crippen LogP contribution in [0.25, 0.3) is 0 Å². The van der Waals surface area contributed by atoms with E-state index in [1.54, 1.807) is 7.11 Å². The standard InChI is InChI=1S/C22H36N4O2/c1-4-8-20(27)26-19-10-6-9-18(15-19)16-24-21(23-5-2)25-17-22(11-7-12-22)13-14-28-3/h6,9-10,15H,4-5,7-8,11-14,16-17H2,1-3H3,(H,26,27)(H2,23,24,25). The fraction of sp³-hybridized carbons (Fsp3) is 0.636. The van der Waals surface area contributed by atoms with E-state index in [1.807, 2.05) is 31.2 Å². The first-order valence-electron chi connectivity index (χ1n) is 10.5. The molecule has 0 unspecified atom stereocenters. The molecule has 0 radical (unpaired) electrons. The van der Waals surface area contributed by atoms with Crippen molar-refractivity contribution in [3.63, 3.8) is 0 Å². The predicted octanol–water partition coefficient (Wildman–Crippen LogP) is 3.69. The summed E-state index contributed by atoms with van der Waals surface area (Å²) in [5, 5.41) is 9.80. The summed E-state index contributed by atoms with van der Waals surface area (Å²) >= 11 is 0. The van der Waals surface area contributed by atoms with Crippen LogP contribution >= 0.6 is 0 Å². The maximum Gasteiger partial charge on any atom is 0.224 e. The van der Waals surface area contributed by atoms with Crippen LogP contribution in [0.4, 0.5) is 5.69 Å². The van der Waals surface area contributed by atoms with Gasteiger partial charge in [0, 0.05) is 38.9 Å². The number of carbonyl (C=O) groups excluding carboxylic acids is 1. The van der Waals surface area contributed by atoms with Gasteiger partial charge in [0.05, 0.1) is 6.54 Å². The van der Waals surface area contributed by atoms with Crippen molar-refractivity contribution in [2.24, 2.45) is 10.4 Å². The van der Waals surface area contributed by atoms with Crippen molar-refractivity contribution in [2.45, 2.75) is 58.9 Å². The number of benzene rings is 1. The highest BCUT2D eigenvalue weighted by molar-refractivity contribution is 5.90. The van der Waals surface area contributed by atoms with Crippen LogP contribution in [-0.2, 0) is 16.1 Å². The molecule has 0 saturated heterocycles. The molecule has 0 atom stereocenters. The van der Waals surface area contributed by atoms with Crippen LogP contribution in [0.2, 0.25) is 0 Å². The Bertz CT molecular complexity index is 641. The fourth-order valence-electron chi connectivity index (χ4n) is 3.49. The Hall–Kier alpha value is -2.08. The Labute approximate surface area is 169 Å². The fourth-order valence-corrected chi connectivity index (χ4v) is 3.49. The van der Waals surface area contributed by atoms with Crippen molar-refractivity contribution in [1.82, 2.24) is 10.6 Å². The number of carbonyl (C=O) groups is 1. The van der Waals surface area contributed by atoms with Gasteiger partial charge in [-0.05, 0) is 55.7 Å². The summed E-state index contributed by atoms with van der Waals surface area (Å²) in [6.45, 7) is 7.21. The van der Waals surface area contributed by atoms with Gasteiger partial charge in [-0.3, -0.25) is 4.79 Å². The summed E-state index contributed by atoms with van der Waals surface area (Å²) in [7, 11) is 1.77. The zero-order valence-corrected chi connectivity index (χ0v) is 17.6. The van der Waals surface area contributed by atoms with Gasteiger partial charge in [0.2, 0.25) is 5.91 Å². The van der Waals surface area contributed by atoms with Crippen LogP contribution in [0.3, 0.4) is 0 Å². The summed E-state index contributed by atoms with van der Waals surface area (Å²) in [4.78, 5) is 16.5. The van der Waals surface area contributed by atoms with Gasteiger partial charge in [-0.15, -0.1) is 0 Å². The number of hydrogen-bond acceptors (Lipinski definition) is 3. The first-order chi connectivity index (χ1) is 13.6. The minimum Gasteiger partial charge on any atom is -0.385 e. The van der Waals surface area contributed by atoms with Gasteiger partial charge in [0.1, 0.15) is 0 Å². The number of aliphatic imine (C=N–C) groups is 1. The second-order valence-corrected chi connectivity index (χ2v) is 7.64. The molecule has 1 fully saturated rings. The number of ether oxygens (including phenoxy) is 1. The third kappa shape index (κ3) is 7.15. The van der Waals surface area contributed by atoms with Crippen molar-refractivity contribution in [3.8, 4) is 0 Å². The number of nitrogens with zero attached hydrogens (tertiary/aromatic N) is 1. The summed E-state index contributed by atoms with van der Waals surface area (Å²) in [5.41, 5.74) is 2.25. The number of nitrogens with one attached hydrogen (secondary N) is 3. The van der Waals surface area contributed by atoms with Gasteiger partial charge in [0.15, 0.2) is 5.96 Å². The molecule has 1 aromatic carbocycles. The lowest BCUT2D eigenvalue weighted by Gasteiger charge is -2.42. The molecular formula is C22H36N4O2. The van der Waals surface area contributed by atoms with Crippen molar-refractivity contribution >= 4 is 17.6 Å². The van der Waals surface area contributed by atoms with Crippen LogP contribution in [0.5, 0.6) is 0 Å². The van der Waals surface area contributed by atoms with Crippen LogP contribution in [-0.4, -0.2) is 38.7 Å². The molecule has 156 valence electrons. The average molecular weight is 389 g/mol. The molecular weight excluding hydrogens is 352 g/mol. The lowest BCUT2D eigenvalue weighted by molar-refractivity contribution is -0.116. The molecule has 0 spiro atoms. The topological polar surface area (TPSA) is 74.8 Å². The number of hydrogen-bond donors (Lipinski definition) is 3. The molecule has 6 heteroatoms. The Morgan fingerprint density at radius 1 is 1.25 bits per heavy atom. The molecule has 1 aliphatic rings. The van der Waals surface area contributed by atoms with Crippen molar-refractivity contribution in [2.75, 3.05) is 32.1 Å². The van der Waals surface area contributed by atoms with E-state index in [2.05, 4.69) is 22.9 Å². The van der Waals surface area contributed by atoms with E-state index in [4.69, 9.17) is 9.73 Å². The van der Waals surface area contributed by atoms with E-state index in [9.17, 15) is 4.79 Å². The van der Waals surface area contributed by atoms with Gasteiger partial charge < -0.3 is 20.7 Å². The quantitative estimate of drug-likeness (QED) is 0.399. The summed E-state index contributed by atoms with van der Waals surface area (Å²) < 4.78 is 5.28. The number of amides is 1. The largest absolute Gasteiger partial charge is 0.385 e. The first kappa shape index (κ1) is 22.2. The number of anilines is 1. The molecule has 1 saturated carbocycles. The predicted molar refractivity (Wildman–Crippen MR) is 116 cm³/mol. The highest BCUT2D eigenvalue weighted by atomic mass is 16.5. The SMILES string of the molecule is CCCC(=O)Nc1cccc(CN=C(NCC)NCC2(CCOC)CCC2)c1. The van der Waals surface area contributed by atoms with E-state index in [0.29, 0.717) is 18.4 Å². The Kier molecular flexibility index (Phi) is 9.28. The van der Waals surface area contributed by atoms with Crippen molar-refractivity contribution < 1.29 is 9.53 Å². The van der Waals surface area contributed by atoms with E-state index in [0.717, 1.165) is 49.7 Å². The minimum atomic E-state index is 0.0556. The summed E-state index contributed by atoms with van der Waals surface area (Å²) in [5.74, 6) is 0.895. The minimum absolute atomic E-state index is 0.0556. The molecule has 1 aliphatic carbocycles. The van der Waals surface area contributed by atoms with Crippen LogP contribution in [0.1, 0.15) is 57.9 Å². The molecule has 28 heavy (non-hydrogen) atoms. The van der Waals surface area contributed by atoms with E-state index in [1.165, 1.54) is 19.3 Å². The molecule has 0 bridgehead atoms. The summed E-state index contributed by atoms with van der Waals surface area (Å²) in [6, 6.07) is 7.91. The van der Waals surface area contributed by atoms with Gasteiger partial charge in [-0.1, -0.05) is 25.5 Å². The third-order valence-corrected chi connectivity index (χ3v) is 5.33. The molecule has 6 nitrogen and oxygen atoms in total. The lowest BCUT2D eigenvalue weighted by Crippen LogP contribution is -2.46. The van der Waals surface area contributed by atoms with Gasteiger partial charge in [-0.2, -0.15) is 0 Å². The monoisotopic (exact) mass is 388 g/mol. The van der Waals surface area contributed by atoms with Crippen molar-refractivity contribution in [1.29, 1.82) is 0 Å². The average Bonchev–Trinajstić information content (AvgIpc) is 2.65. The third-order valence-electron chi connectivity index (χ3n) is 5.33. The van der Waals surface area contributed by atoms with Crippen LogP contribution in [0.15, 0.2) is 29.3 Å². The zero-order valence-electron chi connectivity index (χ0n) is 17.6. The second kappa shape index (κ2) is 11.7. The molecule has 3 N–H and O–H groups in total. The molecule has 1 aromatic rings. The van der Waals surface area contributed by atoms with E-state index < -0.39 is 0 Å². The molecule has 2 rings (SSSR count). The number of guanidine groups is 1. The van der Waals surface area contributed by atoms with Gasteiger partial charge in [0.25, 0.3) is 0 Å². The van der Waals surface area contributed by atoms with Gasteiger partial charge in [-0.25, -0.2) is 4.99 Å². The van der Waals surface area contributed by atoms with Gasteiger partial charge >= 0.3 is 0 Å². The zero-order chi connectivity index (χ0) is 20.2. The number of rotatable bonds is 11. The molecule has 0 heterocycles. The molecule has 0 aromatic heterocycles. The maximum atomic E-state index is 11.8. The van der Waals surface area contributed by atoms with Crippen molar-refractivity contribution in [3.05, 3.63) is 29.8 Å². The Morgan fingerprint density at radius 3 is 2.71 bits per heavy atom. The highest BCUT2D eigenvalue weighted by Gasteiger charge is 2.36. The van der Waals surface area contributed by atoms with Crippen LogP contribution in [0, 0.1) is 5.41 Å². The Balaban J connectivity index is 1.93. The molecule has 1 amide bonds. The van der Waals surface area contributed by atoms with E-state index in [-0.39, 0.29) is 5.91 Å². The second-order valence-electron chi connectivity index (χ2n) is 7.64. The maximum absolute atomic E-state index is 11.8. The Morgan fingerprint density at radius 2 is 2.07 bits per heavy atom. The molecule has 0 aliphatic heterocycles. The first-order valence-corrected chi connectivity index (χ1v) is 10.5. The normalized spacial score (nSPS) is 15.6. The van der Waals surface area contributed by atoms with E-state index >= 15 is 0 Å². The lowest BCUT2D eigenvalue weighted by atomic mass is 9.67. The smallest absolute Gasteiger partial charge is 0.224 e. The highest BCUT2D eigenvalue weighted by Crippen LogP contribution is 2.43. The summed E-state index contributed by atoms with van der Waals surface area (Å²) in [6.07, 6.45) is 6.29.